The quantitative estimate of drug-likeness (QED) is 0.723. The summed E-state index contributed by atoms with van der Waals surface area (Å²) in [6, 6.07) is 7.11. The molecular weight excluding hydrogens is 335 g/mol. The lowest BCUT2D eigenvalue weighted by Crippen LogP contribution is -2.04. The Hall–Kier alpha value is -2.68. The lowest BCUT2D eigenvalue weighted by Gasteiger charge is -2.10. The van der Waals surface area contributed by atoms with Crippen molar-refractivity contribution in [2.45, 2.75) is 6.55 Å². The number of alkyl halides is 2. The van der Waals surface area contributed by atoms with Gasteiger partial charge in [0.1, 0.15) is 5.75 Å². The normalized spacial score (nSPS) is 11.0. The summed E-state index contributed by atoms with van der Waals surface area (Å²) in [5.74, 6) is -1.29. The number of para-hydroxylation sites is 1. The molecule has 0 unspecified atom stereocenters. The Kier molecular flexibility index (Phi) is 4.11. The van der Waals surface area contributed by atoms with E-state index < -0.39 is 12.4 Å². The molecule has 6 nitrogen and oxygen atoms in total. The summed E-state index contributed by atoms with van der Waals surface area (Å²) in [5, 5.41) is 10.1. The summed E-state index contributed by atoms with van der Waals surface area (Å²) in [6.07, 6.45) is 1.20. The van der Waals surface area contributed by atoms with E-state index in [1.807, 2.05) is 0 Å². The molecule has 0 aliphatic rings. The van der Waals surface area contributed by atoms with E-state index in [2.05, 4.69) is 20.5 Å². The standard InChI is InChI=1S/C13H7ClF3N5O/c14-7-5-9(15)12(18-6-7)23-10-4-2-1-3-8(10)11-19-20-21-22(11)13(16)17/h1-6,13H. The van der Waals surface area contributed by atoms with Crippen molar-refractivity contribution in [2.75, 3.05) is 0 Å². The lowest BCUT2D eigenvalue weighted by atomic mass is 10.2. The summed E-state index contributed by atoms with van der Waals surface area (Å²) in [4.78, 5) is 3.72. The van der Waals surface area contributed by atoms with Crippen molar-refractivity contribution < 1.29 is 17.9 Å². The smallest absolute Gasteiger partial charge is 0.336 e. The Morgan fingerprint density at radius 2 is 2.00 bits per heavy atom. The number of ether oxygens (including phenoxy) is 1. The van der Waals surface area contributed by atoms with Gasteiger partial charge < -0.3 is 4.74 Å². The van der Waals surface area contributed by atoms with Crippen LogP contribution in [0.15, 0.2) is 36.5 Å². The summed E-state index contributed by atoms with van der Waals surface area (Å²) >= 11 is 5.62. The number of hydrogen-bond donors (Lipinski definition) is 0. The zero-order valence-corrected chi connectivity index (χ0v) is 12.0. The maximum Gasteiger partial charge on any atom is 0.336 e. The molecule has 3 rings (SSSR count). The minimum atomic E-state index is -2.93. The van der Waals surface area contributed by atoms with Gasteiger partial charge in [0.05, 0.1) is 10.6 Å². The van der Waals surface area contributed by atoms with Crippen LogP contribution in [0.25, 0.3) is 11.4 Å². The molecule has 0 bridgehead atoms. The van der Waals surface area contributed by atoms with E-state index in [4.69, 9.17) is 16.3 Å². The Morgan fingerprint density at radius 3 is 2.74 bits per heavy atom. The monoisotopic (exact) mass is 341 g/mol. The summed E-state index contributed by atoms with van der Waals surface area (Å²) in [6.45, 7) is -2.93. The van der Waals surface area contributed by atoms with Crippen molar-refractivity contribution in [3.05, 3.63) is 47.4 Å². The van der Waals surface area contributed by atoms with Crippen LogP contribution in [-0.2, 0) is 0 Å². The Morgan fingerprint density at radius 1 is 1.22 bits per heavy atom. The number of tetrazole rings is 1. The molecule has 0 saturated carbocycles. The molecule has 23 heavy (non-hydrogen) atoms. The number of benzene rings is 1. The van der Waals surface area contributed by atoms with Gasteiger partial charge in [0.25, 0.3) is 5.88 Å². The average Bonchev–Trinajstić information content (AvgIpc) is 3.00. The van der Waals surface area contributed by atoms with Crippen LogP contribution >= 0.6 is 11.6 Å². The van der Waals surface area contributed by atoms with E-state index in [1.54, 1.807) is 12.1 Å². The molecule has 0 N–H and O–H groups in total. The zero-order chi connectivity index (χ0) is 16.4. The SMILES string of the molecule is Fc1cc(Cl)cnc1Oc1ccccc1-c1nnnn1C(F)F. The first-order valence-corrected chi connectivity index (χ1v) is 6.58. The highest BCUT2D eigenvalue weighted by Crippen LogP contribution is 2.33. The minimum absolute atomic E-state index is 0.0675. The third-order valence-corrected chi connectivity index (χ3v) is 2.99. The molecule has 1 aromatic carbocycles. The van der Waals surface area contributed by atoms with Gasteiger partial charge in [0, 0.05) is 6.20 Å². The summed E-state index contributed by atoms with van der Waals surface area (Å²) in [5.41, 5.74) is 0.161. The van der Waals surface area contributed by atoms with Gasteiger partial charge in [0.2, 0.25) is 0 Å². The van der Waals surface area contributed by atoms with Crippen LogP contribution in [0.2, 0.25) is 5.02 Å². The first-order valence-electron chi connectivity index (χ1n) is 6.20. The molecular formula is C13H7ClF3N5O. The van der Waals surface area contributed by atoms with Gasteiger partial charge in [-0.25, -0.2) is 9.37 Å². The topological polar surface area (TPSA) is 65.7 Å². The van der Waals surface area contributed by atoms with E-state index >= 15 is 0 Å². The van der Waals surface area contributed by atoms with Crippen LogP contribution in [0.4, 0.5) is 13.2 Å². The molecule has 118 valence electrons. The number of nitrogens with zero attached hydrogens (tertiary/aromatic N) is 5. The molecule has 0 radical (unpaired) electrons. The second-order valence-electron chi connectivity index (χ2n) is 4.26. The molecule has 10 heteroatoms. The number of aromatic nitrogens is 5. The fourth-order valence-corrected chi connectivity index (χ4v) is 1.97. The molecule has 0 spiro atoms. The fraction of sp³-hybridized carbons (Fsp3) is 0.0769. The van der Waals surface area contributed by atoms with Gasteiger partial charge >= 0.3 is 6.55 Å². The number of pyridine rings is 1. The molecule has 0 saturated heterocycles. The molecule has 0 aliphatic carbocycles. The highest BCUT2D eigenvalue weighted by molar-refractivity contribution is 6.30. The van der Waals surface area contributed by atoms with Crippen molar-refractivity contribution in [2.24, 2.45) is 0 Å². The van der Waals surface area contributed by atoms with Gasteiger partial charge in [-0.2, -0.15) is 13.5 Å². The van der Waals surface area contributed by atoms with Crippen LogP contribution in [0.1, 0.15) is 6.55 Å². The Balaban J connectivity index is 2.03. The highest BCUT2D eigenvalue weighted by Gasteiger charge is 2.20. The van der Waals surface area contributed by atoms with Crippen LogP contribution in [-0.4, -0.2) is 25.2 Å². The van der Waals surface area contributed by atoms with E-state index in [-0.39, 0.29) is 28.0 Å². The molecule has 3 aromatic rings. The van der Waals surface area contributed by atoms with Gasteiger partial charge in [-0.05, 0) is 28.6 Å². The van der Waals surface area contributed by atoms with Crippen molar-refractivity contribution in [1.82, 2.24) is 25.2 Å². The lowest BCUT2D eigenvalue weighted by molar-refractivity contribution is 0.0564. The van der Waals surface area contributed by atoms with Crippen molar-refractivity contribution in [3.8, 4) is 23.0 Å². The van der Waals surface area contributed by atoms with Gasteiger partial charge in [-0.15, -0.1) is 5.10 Å². The average molecular weight is 342 g/mol. The molecule has 0 aliphatic heterocycles. The summed E-state index contributed by atoms with van der Waals surface area (Å²) in [7, 11) is 0. The maximum absolute atomic E-state index is 13.8. The van der Waals surface area contributed by atoms with Crippen molar-refractivity contribution in [3.63, 3.8) is 0 Å². The van der Waals surface area contributed by atoms with Crippen LogP contribution < -0.4 is 4.74 Å². The Labute approximate surface area is 132 Å². The van der Waals surface area contributed by atoms with Crippen molar-refractivity contribution in [1.29, 1.82) is 0 Å². The number of hydrogen-bond acceptors (Lipinski definition) is 5. The number of halogens is 4. The van der Waals surface area contributed by atoms with Crippen LogP contribution in [0.5, 0.6) is 11.6 Å². The molecule has 0 atom stereocenters. The van der Waals surface area contributed by atoms with Gasteiger partial charge in [-0.3, -0.25) is 0 Å². The Bertz CT molecular complexity index is 842. The zero-order valence-electron chi connectivity index (χ0n) is 11.2. The highest BCUT2D eigenvalue weighted by atomic mass is 35.5. The maximum atomic E-state index is 13.8. The molecule has 2 aromatic heterocycles. The van der Waals surface area contributed by atoms with Crippen LogP contribution in [0, 0.1) is 5.82 Å². The summed E-state index contributed by atoms with van der Waals surface area (Å²) < 4.78 is 45.3. The van der Waals surface area contributed by atoms with Gasteiger partial charge in [-0.1, -0.05) is 23.7 Å². The largest absolute Gasteiger partial charge is 0.436 e. The van der Waals surface area contributed by atoms with E-state index in [0.717, 1.165) is 6.07 Å². The van der Waals surface area contributed by atoms with E-state index in [1.165, 1.54) is 18.3 Å². The first kappa shape index (κ1) is 15.2. The van der Waals surface area contributed by atoms with E-state index in [0.29, 0.717) is 4.68 Å². The number of rotatable bonds is 4. The van der Waals surface area contributed by atoms with Gasteiger partial charge in [0.15, 0.2) is 11.6 Å². The first-order chi connectivity index (χ1) is 11.1. The van der Waals surface area contributed by atoms with Crippen LogP contribution in [0.3, 0.4) is 0 Å². The predicted octanol–water partition coefficient (Wildman–Crippen LogP) is 3.72. The molecule has 2 heterocycles. The second-order valence-corrected chi connectivity index (χ2v) is 4.70. The van der Waals surface area contributed by atoms with E-state index in [9.17, 15) is 13.2 Å². The fourth-order valence-electron chi connectivity index (χ4n) is 1.82. The molecule has 0 fully saturated rings. The third-order valence-electron chi connectivity index (χ3n) is 2.79. The predicted molar refractivity (Wildman–Crippen MR) is 73.8 cm³/mol. The van der Waals surface area contributed by atoms with Crippen molar-refractivity contribution >= 4 is 11.6 Å². The second kappa shape index (κ2) is 6.21. The molecule has 0 amide bonds. The minimum Gasteiger partial charge on any atom is -0.436 e. The third kappa shape index (κ3) is 3.09.